The number of imidazole rings is 1. The second kappa shape index (κ2) is 7.53. The highest BCUT2D eigenvalue weighted by atomic mass is 32.2. The summed E-state index contributed by atoms with van der Waals surface area (Å²) in [5, 5.41) is 0.809. The molecule has 0 fully saturated rings. The molecule has 5 heteroatoms. The molecule has 0 unspecified atom stereocenters. The van der Waals surface area contributed by atoms with Gasteiger partial charge in [-0.3, -0.25) is 4.99 Å². The molecule has 0 bridgehead atoms. The first-order valence-corrected chi connectivity index (χ1v) is 6.60. The van der Waals surface area contributed by atoms with E-state index >= 15 is 0 Å². The standard InChI is InChI=1S/C14H18N4S/c1-6-13(19-10(2)8-7-9-15-5)18-14-11(3)16-12(4)17-14/h6-9H,1,5H2,2-4H3,(H,16,17)/b9-7-,10-8+,18-13+. The van der Waals surface area contributed by atoms with Crippen molar-refractivity contribution in [3.05, 3.63) is 47.4 Å². The molecular formula is C14H18N4S. The fourth-order valence-electron chi connectivity index (χ4n) is 1.36. The number of aromatic nitrogens is 2. The van der Waals surface area contributed by atoms with E-state index in [0.717, 1.165) is 21.5 Å². The zero-order valence-corrected chi connectivity index (χ0v) is 12.3. The number of hydrogen-bond acceptors (Lipinski definition) is 4. The van der Waals surface area contributed by atoms with Crippen molar-refractivity contribution in [3.63, 3.8) is 0 Å². The van der Waals surface area contributed by atoms with E-state index in [9.17, 15) is 0 Å². The predicted molar refractivity (Wildman–Crippen MR) is 85.4 cm³/mol. The summed E-state index contributed by atoms with van der Waals surface area (Å²) < 4.78 is 0. The highest BCUT2D eigenvalue weighted by Crippen LogP contribution is 2.22. The van der Waals surface area contributed by atoms with Gasteiger partial charge in [0, 0.05) is 6.20 Å². The van der Waals surface area contributed by atoms with E-state index in [-0.39, 0.29) is 0 Å². The molecule has 19 heavy (non-hydrogen) atoms. The lowest BCUT2D eigenvalue weighted by atomic mass is 10.5. The van der Waals surface area contributed by atoms with Crippen molar-refractivity contribution in [2.45, 2.75) is 20.8 Å². The van der Waals surface area contributed by atoms with Crippen LogP contribution >= 0.6 is 11.8 Å². The zero-order chi connectivity index (χ0) is 14.3. The molecule has 0 saturated carbocycles. The average Bonchev–Trinajstić information content (AvgIpc) is 2.67. The topological polar surface area (TPSA) is 53.4 Å². The maximum absolute atomic E-state index is 4.48. The summed E-state index contributed by atoms with van der Waals surface area (Å²) in [6, 6.07) is 0. The number of allylic oxidation sites excluding steroid dienone is 3. The van der Waals surface area contributed by atoms with Crippen molar-refractivity contribution < 1.29 is 0 Å². The Labute approximate surface area is 118 Å². The van der Waals surface area contributed by atoms with Crippen LogP contribution in [-0.2, 0) is 0 Å². The van der Waals surface area contributed by atoms with Crippen LogP contribution in [0.1, 0.15) is 18.4 Å². The van der Waals surface area contributed by atoms with E-state index in [1.165, 1.54) is 11.8 Å². The molecule has 1 N–H and O–H groups in total. The summed E-state index contributed by atoms with van der Waals surface area (Å²) in [5.41, 5.74) is 0.954. The minimum Gasteiger partial charge on any atom is -0.344 e. The van der Waals surface area contributed by atoms with Crippen LogP contribution in [0.2, 0.25) is 0 Å². The Kier molecular flexibility index (Phi) is 6.02. The molecule has 0 aliphatic heterocycles. The van der Waals surface area contributed by atoms with Gasteiger partial charge in [-0.15, -0.1) is 0 Å². The normalized spacial score (nSPS) is 13.0. The van der Waals surface area contributed by atoms with Crippen molar-refractivity contribution >= 4 is 29.3 Å². The monoisotopic (exact) mass is 274 g/mol. The largest absolute Gasteiger partial charge is 0.344 e. The molecule has 0 amide bonds. The van der Waals surface area contributed by atoms with Gasteiger partial charge in [0.1, 0.15) is 10.9 Å². The fraction of sp³-hybridized carbons (Fsp3) is 0.214. The zero-order valence-electron chi connectivity index (χ0n) is 11.5. The highest BCUT2D eigenvalue weighted by molar-refractivity contribution is 8.17. The molecule has 0 saturated heterocycles. The Hall–Kier alpha value is -1.88. The van der Waals surface area contributed by atoms with E-state index in [4.69, 9.17) is 0 Å². The SMILES string of the molecule is C=C/C(=N\c1nc(C)[nH]c1C)S/C(C)=C/C=C\N=C. The van der Waals surface area contributed by atoms with Crippen molar-refractivity contribution in [1.29, 1.82) is 0 Å². The lowest BCUT2D eigenvalue weighted by Crippen LogP contribution is -1.86. The average molecular weight is 274 g/mol. The number of hydrogen-bond donors (Lipinski definition) is 1. The predicted octanol–water partition coefficient (Wildman–Crippen LogP) is 4.09. The molecule has 0 spiro atoms. The Bertz CT molecular complexity index is 550. The van der Waals surface area contributed by atoms with Crippen LogP contribution < -0.4 is 0 Å². The highest BCUT2D eigenvalue weighted by Gasteiger charge is 2.04. The van der Waals surface area contributed by atoms with E-state index in [1.54, 1.807) is 12.3 Å². The maximum atomic E-state index is 4.48. The van der Waals surface area contributed by atoms with Crippen LogP contribution in [0.15, 0.2) is 45.9 Å². The molecule has 4 nitrogen and oxygen atoms in total. The molecular weight excluding hydrogens is 256 g/mol. The minimum atomic E-state index is 0.705. The number of aliphatic imine (C=N–C) groups is 2. The van der Waals surface area contributed by atoms with Gasteiger partial charge in [-0.05, 0) is 44.5 Å². The van der Waals surface area contributed by atoms with Crippen molar-refractivity contribution in [2.24, 2.45) is 9.98 Å². The third-order valence-corrected chi connectivity index (χ3v) is 3.08. The van der Waals surface area contributed by atoms with Gasteiger partial charge < -0.3 is 4.98 Å². The molecule has 1 heterocycles. The molecule has 0 aliphatic carbocycles. The number of H-pyrrole nitrogens is 1. The molecule has 1 aromatic rings. The quantitative estimate of drug-likeness (QED) is 0.499. The van der Waals surface area contributed by atoms with Gasteiger partial charge in [0.05, 0.1) is 5.69 Å². The van der Waals surface area contributed by atoms with E-state index in [0.29, 0.717) is 5.82 Å². The van der Waals surface area contributed by atoms with Gasteiger partial charge >= 0.3 is 0 Å². The van der Waals surface area contributed by atoms with Crippen LogP contribution in [0.4, 0.5) is 5.82 Å². The lowest BCUT2D eigenvalue weighted by molar-refractivity contribution is 1.13. The van der Waals surface area contributed by atoms with Crippen LogP contribution in [0, 0.1) is 13.8 Å². The van der Waals surface area contributed by atoms with Crippen LogP contribution in [0.25, 0.3) is 0 Å². The van der Waals surface area contributed by atoms with Crippen LogP contribution in [-0.4, -0.2) is 21.7 Å². The third kappa shape index (κ3) is 5.09. The van der Waals surface area contributed by atoms with E-state index < -0.39 is 0 Å². The Morgan fingerprint density at radius 2 is 2.16 bits per heavy atom. The Balaban J connectivity index is 2.86. The molecule has 1 rings (SSSR count). The lowest BCUT2D eigenvalue weighted by Gasteiger charge is -2.00. The summed E-state index contributed by atoms with van der Waals surface area (Å²) in [6.07, 6.45) is 7.14. The van der Waals surface area contributed by atoms with Gasteiger partial charge in [0.2, 0.25) is 0 Å². The van der Waals surface area contributed by atoms with Crippen molar-refractivity contribution in [1.82, 2.24) is 9.97 Å². The Morgan fingerprint density at radius 3 is 2.68 bits per heavy atom. The van der Waals surface area contributed by atoms with Gasteiger partial charge in [0.25, 0.3) is 0 Å². The summed E-state index contributed by atoms with van der Waals surface area (Å²) in [6.45, 7) is 13.0. The number of nitrogens with one attached hydrogen (secondary N) is 1. The molecule has 0 aliphatic rings. The van der Waals surface area contributed by atoms with Gasteiger partial charge in [0.15, 0.2) is 5.82 Å². The molecule has 0 radical (unpaired) electrons. The van der Waals surface area contributed by atoms with Gasteiger partial charge in [-0.25, -0.2) is 9.98 Å². The summed E-state index contributed by atoms with van der Waals surface area (Å²) in [4.78, 5) is 16.7. The first kappa shape index (κ1) is 15.2. The number of aryl methyl sites for hydroxylation is 2. The number of aromatic amines is 1. The second-order valence-corrected chi connectivity index (χ2v) is 5.09. The maximum Gasteiger partial charge on any atom is 0.174 e. The summed E-state index contributed by atoms with van der Waals surface area (Å²) >= 11 is 1.53. The minimum absolute atomic E-state index is 0.705. The van der Waals surface area contributed by atoms with Crippen molar-refractivity contribution in [3.8, 4) is 0 Å². The van der Waals surface area contributed by atoms with E-state index in [2.05, 4.69) is 33.2 Å². The third-order valence-electron chi connectivity index (χ3n) is 2.16. The smallest absolute Gasteiger partial charge is 0.174 e. The molecule has 0 atom stereocenters. The molecule has 0 aromatic carbocycles. The fourth-order valence-corrected chi connectivity index (χ4v) is 2.05. The number of rotatable bonds is 5. The summed E-state index contributed by atoms with van der Waals surface area (Å²) in [7, 11) is 0. The molecule has 1 aromatic heterocycles. The van der Waals surface area contributed by atoms with Crippen LogP contribution in [0.5, 0.6) is 0 Å². The molecule has 100 valence electrons. The van der Waals surface area contributed by atoms with E-state index in [1.807, 2.05) is 32.9 Å². The first-order chi connectivity index (χ1) is 9.06. The number of nitrogens with zero attached hydrogens (tertiary/aromatic N) is 3. The number of thioether (sulfide) groups is 1. The Morgan fingerprint density at radius 1 is 1.42 bits per heavy atom. The van der Waals surface area contributed by atoms with Crippen LogP contribution in [0.3, 0.4) is 0 Å². The van der Waals surface area contributed by atoms with Gasteiger partial charge in [-0.2, -0.15) is 0 Å². The van der Waals surface area contributed by atoms with Crippen molar-refractivity contribution in [2.75, 3.05) is 0 Å². The second-order valence-electron chi connectivity index (χ2n) is 3.83. The first-order valence-electron chi connectivity index (χ1n) is 5.78. The summed E-state index contributed by atoms with van der Waals surface area (Å²) in [5.74, 6) is 1.56. The van der Waals surface area contributed by atoms with Gasteiger partial charge in [-0.1, -0.05) is 24.4 Å².